The van der Waals surface area contributed by atoms with Crippen LogP contribution in [0.3, 0.4) is 0 Å². The van der Waals surface area contributed by atoms with E-state index < -0.39 is 0 Å². The highest BCUT2D eigenvalue weighted by molar-refractivity contribution is 6.35. The Balaban J connectivity index is 2.88. The molecule has 0 unspecified atom stereocenters. The molecule has 1 N–H and O–H groups in total. The Hall–Kier alpha value is -0.700. The summed E-state index contributed by atoms with van der Waals surface area (Å²) < 4.78 is 5.21. The predicted molar refractivity (Wildman–Crippen MR) is 64.9 cm³/mol. The highest BCUT2D eigenvalue weighted by Crippen LogP contribution is 2.31. The summed E-state index contributed by atoms with van der Waals surface area (Å²) in [6.07, 6.45) is 1.79. The fraction of sp³-hybridized carbons (Fsp3) is 0.273. The van der Waals surface area contributed by atoms with Crippen molar-refractivity contribution in [3.8, 4) is 5.75 Å². The molecule has 0 aliphatic rings. The van der Waals surface area contributed by atoms with E-state index in [1.807, 2.05) is 6.07 Å². The number of rotatable bonds is 5. The normalized spacial score (nSPS) is 10.1. The van der Waals surface area contributed by atoms with Crippen molar-refractivity contribution in [2.24, 2.45) is 0 Å². The summed E-state index contributed by atoms with van der Waals surface area (Å²) in [5, 5.41) is 4.30. The minimum absolute atomic E-state index is 0.528. The molecule has 15 heavy (non-hydrogen) atoms. The zero-order valence-electron chi connectivity index (χ0n) is 8.52. The Kier molecular flexibility index (Phi) is 4.95. The van der Waals surface area contributed by atoms with Crippen molar-refractivity contribution in [1.82, 2.24) is 5.32 Å². The lowest BCUT2D eigenvalue weighted by atomic mass is 10.2. The van der Waals surface area contributed by atoms with E-state index in [9.17, 15) is 0 Å². The average molecular weight is 246 g/mol. The lowest BCUT2D eigenvalue weighted by Gasteiger charge is -2.11. The summed E-state index contributed by atoms with van der Waals surface area (Å²) in [6.45, 7) is 5.00. The largest absolute Gasteiger partial charge is 0.495 e. The number of nitrogens with one attached hydrogen (secondary N) is 1. The summed E-state index contributed by atoms with van der Waals surface area (Å²) in [5.41, 5.74) is 0.942. The van der Waals surface area contributed by atoms with Gasteiger partial charge in [-0.25, -0.2) is 0 Å². The zero-order valence-corrected chi connectivity index (χ0v) is 10.0. The quantitative estimate of drug-likeness (QED) is 0.635. The van der Waals surface area contributed by atoms with Crippen LogP contribution in [0, 0.1) is 0 Å². The standard InChI is InChI=1S/C11H13Cl2NO/c1-3-4-14-7-8-5-9(12)6-10(13)11(8)15-2/h3,5-6,14H,1,4,7H2,2H3. The third-order valence-electron chi connectivity index (χ3n) is 1.89. The second-order valence-electron chi connectivity index (χ2n) is 3.00. The van der Waals surface area contributed by atoms with Gasteiger partial charge in [0.15, 0.2) is 0 Å². The van der Waals surface area contributed by atoms with E-state index in [4.69, 9.17) is 27.9 Å². The molecular weight excluding hydrogens is 233 g/mol. The second-order valence-corrected chi connectivity index (χ2v) is 3.84. The van der Waals surface area contributed by atoms with Crippen molar-refractivity contribution in [2.75, 3.05) is 13.7 Å². The molecule has 0 saturated carbocycles. The van der Waals surface area contributed by atoms with Crippen LogP contribution in [-0.4, -0.2) is 13.7 Å². The molecule has 0 amide bonds. The first-order valence-corrected chi connectivity index (χ1v) is 5.28. The van der Waals surface area contributed by atoms with Crippen molar-refractivity contribution in [3.05, 3.63) is 40.4 Å². The Morgan fingerprint density at radius 2 is 2.20 bits per heavy atom. The van der Waals surface area contributed by atoms with Gasteiger partial charge in [0.25, 0.3) is 0 Å². The monoisotopic (exact) mass is 245 g/mol. The summed E-state index contributed by atoms with van der Waals surface area (Å²) in [6, 6.07) is 3.50. The molecule has 0 atom stereocenters. The highest BCUT2D eigenvalue weighted by atomic mass is 35.5. The fourth-order valence-corrected chi connectivity index (χ4v) is 1.90. The minimum Gasteiger partial charge on any atom is -0.495 e. The van der Waals surface area contributed by atoms with E-state index in [0.29, 0.717) is 22.3 Å². The molecule has 2 nitrogen and oxygen atoms in total. The second kappa shape index (κ2) is 6.01. The van der Waals surface area contributed by atoms with Gasteiger partial charge >= 0.3 is 0 Å². The Bertz CT molecular complexity index is 353. The SMILES string of the molecule is C=CCNCc1cc(Cl)cc(Cl)c1OC. The molecule has 1 aromatic carbocycles. The summed E-state index contributed by atoms with van der Waals surface area (Å²) in [4.78, 5) is 0. The Morgan fingerprint density at radius 1 is 1.47 bits per heavy atom. The molecule has 82 valence electrons. The van der Waals surface area contributed by atoms with Gasteiger partial charge in [-0.15, -0.1) is 6.58 Å². The summed E-state index contributed by atoms with van der Waals surface area (Å²) in [7, 11) is 1.59. The van der Waals surface area contributed by atoms with Crippen LogP contribution >= 0.6 is 23.2 Å². The topological polar surface area (TPSA) is 21.3 Å². The maximum Gasteiger partial charge on any atom is 0.142 e. The molecule has 0 aliphatic carbocycles. The zero-order chi connectivity index (χ0) is 11.3. The van der Waals surface area contributed by atoms with Crippen LogP contribution in [0.4, 0.5) is 0 Å². The van der Waals surface area contributed by atoms with Crippen LogP contribution < -0.4 is 10.1 Å². The third-order valence-corrected chi connectivity index (χ3v) is 2.39. The highest BCUT2D eigenvalue weighted by Gasteiger charge is 2.08. The number of hydrogen-bond donors (Lipinski definition) is 1. The maximum atomic E-state index is 5.99. The fourth-order valence-electron chi connectivity index (χ4n) is 1.28. The van der Waals surface area contributed by atoms with Crippen molar-refractivity contribution in [2.45, 2.75) is 6.54 Å². The average Bonchev–Trinajstić information content (AvgIpc) is 2.17. The van der Waals surface area contributed by atoms with Gasteiger partial charge < -0.3 is 10.1 Å². The Morgan fingerprint density at radius 3 is 2.80 bits per heavy atom. The molecule has 0 heterocycles. The van der Waals surface area contributed by atoms with Gasteiger partial charge in [-0.2, -0.15) is 0 Å². The lowest BCUT2D eigenvalue weighted by Crippen LogP contribution is -2.13. The van der Waals surface area contributed by atoms with Gasteiger partial charge in [0.1, 0.15) is 5.75 Å². The van der Waals surface area contributed by atoms with Crippen LogP contribution in [0.5, 0.6) is 5.75 Å². The molecule has 0 aromatic heterocycles. The molecule has 4 heteroatoms. The molecule has 0 fully saturated rings. The molecule has 1 aromatic rings. The smallest absolute Gasteiger partial charge is 0.142 e. The van der Waals surface area contributed by atoms with E-state index in [1.54, 1.807) is 19.3 Å². The van der Waals surface area contributed by atoms with Gasteiger partial charge in [0, 0.05) is 23.7 Å². The Labute approximate surface area is 99.8 Å². The number of benzene rings is 1. The molecule has 0 bridgehead atoms. The van der Waals surface area contributed by atoms with Gasteiger partial charge in [-0.3, -0.25) is 0 Å². The van der Waals surface area contributed by atoms with Crippen LogP contribution in [0.2, 0.25) is 10.0 Å². The van der Waals surface area contributed by atoms with Gasteiger partial charge in [0.05, 0.1) is 12.1 Å². The molecule has 1 rings (SSSR count). The number of ether oxygens (including phenoxy) is 1. The lowest BCUT2D eigenvalue weighted by molar-refractivity contribution is 0.408. The van der Waals surface area contributed by atoms with E-state index in [2.05, 4.69) is 11.9 Å². The van der Waals surface area contributed by atoms with Crippen molar-refractivity contribution < 1.29 is 4.74 Å². The van der Waals surface area contributed by atoms with Gasteiger partial charge in [-0.1, -0.05) is 29.3 Å². The van der Waals surface area contributed by atoms with E-state index in [1.165, 1.54) is 0 Å². The van der Waals surface area contributed by atoms with E-state index >= 15 is 0 Å². The van der Waals surface area contributed by atoms with Gasteiger partial charge in [-0.05, 0) is 12.1 Å². The number of hydrogen-bond acceptors (Lipinski definition) is 2. The predicted octanol–water partition coefficient (Wildman–Crippen LogP) is 3.28. The first-order chi connectivity index (χ1) is 7.19. The van der Waals surface area contributed by atoms with Crippen molar-refractivity contribution >= 4 is 23.2 Å². The van der Waals surface area contributed by atoms with Crippen molar-refractivity contribution in [3.63, 3.8) is 0 Å². The molecule has 0 radical (unpaired) electrons. The first kappa shape index (κ1) is 12.4. The number of methoxy groups -OCH3 is 1. The van der Waals surface area contributed by atoms with Crippen LogP contribution in [0.25, 0.3) is 0 Å². The van der Waals surface area contributed by atoms with Crippen LogP contribution in [0.1, 0.15) is 5.56 Å². The molecule has 0 spiro atoms. The third kappa shape index (κ3) is 3.42. The summed E-state index contributed by atoms with van der Waals surface area (Å²) >= 11 is 11.9. The van der Waals surface area contributed by atoms with E-state index in [-0.39, 0.29) is 0 Å². The first-order valence-electron chi connectivity index (χ1n) is 4.52. The summed E-state index contributed by atoms with van der Waals surface area (Å²) in [5.74, 6) is 0.664. The minimum atomic E-state index is 0.528. The number of halogens is 2. The molecule has 0 aliphatic heterocycles. The van der Waals surface area contributed by atoms with Crippen LogP contribution in [-0.2, 0) is 6.54 Å². The van der Waals surface area contributed by atoms with Gasteiger partial charge in [0.2, 0.25) is 0 Å². The molecular formula is C11H13Cl2NO. The van der Waals surface area contributed by atoms with Crippen LogP contribution in [0.15, 0.2) is 24.8 Å². The maximum absolute atomic E-state index is 5.99. The van der Waals surface area contributed by atoms with Crippen molar-refractivity contribution in [1.29, 1.82) is 0 Å². The van der Waals surface area contributed by atoms with E-state index in [0.717, 1.165) is 12.1 Å². The molecule has 0 saturated heterocycles.